The molecule has 1 unspecified atom stereocenters. The number of primary amides is 1. The van der Waals surface area contributed by atoms with Crippen LogP contribution in [0, 0.1) is 0 Å². The van der Waals surface area contributed by atoms with Gasteiger partial charge < -0.3 is 16.4 Å². The highest BCUT2D eigenvalue weighted by Crippen LogP contribution is 2.37. The number of amides is 2. The van der Waals surface area contributed by atoms with Gasteiger partial charge >= 0.3 is 0 Å². The maximum atomic E-state index is 12.7. The van der Waals surface area contributed by atoms with Crippen molar-refractivity contribution < 1.29 is 9.59 Å². The summed E-state index contributed by atoms with van der Waals surface area (Å²) in [5, 5.41) is 0.854. The molecule has 1 aliphatic heterocycles. The number of thiophene rings is 1. The number of fused-ring (bicyclic) bond motifs is 1. The molecule has 21 heavy (non-hydrogen) atoms. The third-order valence-corrected chi connectivity index (χ3v) is 5.39. The first-order chi connectivity index (χ1) is 9.99. The van der Waals surface area contributed by atoms with Gasteiger partial charge in [-0.25, -0.2) is 0 Å². The number of anilines is 1. The fraction of sp³-hybridized carbons (Fsp3) is 0.286. The number of benzene rings is 1. The Labute approximate surface area is 134 Å². The predicted molar refractivity (Wildman–Crippen MR) is 87.2 cm³/mol. The van der Waals surface area contributed by atoms with Crippen molar-refractivity contribution >= 4 is 54.9 Å². The molecule has 1 atom stereocenters. The molecule has 7 heteroatoms. The number of likely N-dealkylation sites (tertiary alicyclic amines) is 1. The maximum absolute atomic E-state index is 12.7. The molecule has 0 aliphatic carbocycles. The Morgan fingerprint density at radius 1 is 1.38 bits per heavy atom. The Morgan fingerprint density at radius 3 is 2.86 bits per heavy atom. The molecule has 3 rings (SSSR count). The van der Waals surface area contributed by atoms with E-state index in [1.807, 2.05) is 18.2 Å². The lowest BCUT2D eigenvalue weighted by atomic mass is 10.2. The predicted octanol–water partition coefficient (Wildman–Crippen LogP) is 2.34. The van der Waals surface area contributed by atoms with E-state index in [-0.39, 0.29) is 5.91 Å². The molecule has 0 bridgehead atoms. The summed E-state index contributed by atoms with van der Waals surface area (Å²) in [4.78, 5) is 26.1. The van der Waals surface area contributed by atoms with Gasteiger partial charge in [0.25, 0.3) is 5.91 Å². The van der Waals surface area contributed by atoms with E-state index in [9.17, 15) is 9.59 Å². The fourth-order valence-electron chi connectivity index (χ4n) is 2.68. The molecule has 1 aliphatic rings. The van der Waals surface area contributed by atoms with Crippen LogP contribution >= 0.6 is 27.3 Å². The van der Waals surface area contributed by atoms with Gasteiger partial charge in [-0.15, -0.1) is 11.3 Å². The number of carbonyl (C=O) groups excluding carboxylic acids is 2. The van der Waals surface area contributed by atoms with Crippen LogP contribution < -0.4 is 11.5 Å². The van der Waals surface area contributed by atoms with Crippen molar-refractivity contribution in [1.82, 2.24) is 4.90 Å². The molecule has 1 saturated heterocycles. The van der Waals surface area contributed by atoms with Gasteiger partial charge in [-0.2, -0.15) is 0 Å². The summed E-state index contributed by atoms with van der Waals surface area (Å²) >= 11 is 4.75. The summed E-state index contributed by atoms with van der Waals surface area (Å²) in [7, 11) is 0. The van der Waals surface area contributed by atoms with E-state index in [0.717, 1.165) is 21.0 Å². The van der Waals surface area contributed by atoms with E-state index in [2.05, 4.69) is 15.9 Å². The number of nitrogen functional groups attached to an aromatic ring is 1. The minimum absolute atomic E-state index is 0.203. The molecule has 5 nitrogen and oxygen atoms in total. The van der Waals surface area contributed by atoms with Crippen LogP contribution in [0.2, 0.25) is 0 Å². The van der Waals surface area contributed by atoms with Gasteiger partial charge in [0.05, 0.1) is 5.69 Å². The lowest BCUT2D eigenvalue weighted by Gasteiger charge is -2.21. The van der Waals surface area contributed by atoms with Gasteiger partial charge in [0.2, 0.25) is 5.91 Å². The first kappa shape index (κ1) is 14.3. The Kier molecular flexibility index (Phi) is 3.62. The van der Waals surface area contributed by atoms with Crippen LogP contribution in [0.25, 0.3) is 10.1 Å². The lowest BCUT2D eigenvalue weighted by Crippen LogP contribution is -2.43. The monoisotopic (exact) mass is 367 g/mol. The van der Waals surface area contributed by atoms with E-state index in [0.29, 0.717) is 23.5 Å². The highest BCUT2D eigenvalue weighted by atomic mass is 79.9. The van der Waals surface area contributed by atoms with E-state index in [1.54, 1.807) is 4.90 Å². The van der Waals surface area contributed by atoms with Crippen molar-refractivity contribution in [2.75, 3.05) is 12.3 Å². The topological polar surface area (TPSA) is 89.4 Å². The molecule has 0 spiro atoms. The van der Waals surface area contributed by atoms with Crippen LogP contribution in [0.15, 0.2) is 22.7 Å². The Bertz CT molecular complexity index is 743. The average molecular weight is 368 g/mol. The lowest BCUT2D eigenvalue weighted by molar-refractivity contribution is -0.121. The summed E-state index contributed by atoms with van der Waals surface area (Å²) in [5.41, 5.74) is 12.0. The van der Waals surface area contributed by atoms with Gasteiger partial charge in [-0.1, -0.05) is 15.9 Å². The van der Waals surface area contributed by atoms with Gasteiger partial charge in [-0.3, -0.25) is 9.59 Å². The van der Waals surface area contributed by atoms with Crippen molar-refractivity contribution in [1.29, 1.82) is 0 Å². The molecule has 0 radical (unpaired) electrons. The van der Waals surface area contributed by atoms with Crippen molar-refractivity contribution in [2.24, 2.45) is 5.73 Å². The molecule has 2 aromatic rings. The SMILES string of the molecule is NC(=O)C1CCCN1C(=O)c1sc2ccc(Br)cc2c1N. The molecule has 1 aromatic heterocycles. The zero-order chi connectivity index (χ0) is 15.1. The van der Waals surface area contributed by atoms with Crippen LogP contribution in [0.1, 0.15) is 22.5 Å². The Balaban J connectivity index is 2.02. The summed E-state index contributed by atoms with van der Waals surface area (Å²) in [6.45, 7) is 0.545. The van der Waals surface area contributed by atoms with Crippen molar-refractivity contribution in [3.8, 4) is 0 Å². The largest absolute Gasteiger partial charge is 0.397 e. The fourth-order valence-corrected chi connectivity index (χ4v) is 4.10. The van der Waals surface area contributed by atoms with Crippen LogP contribution in [-0.4, -0.2) is 29.3 Å². The molecule has 2 amide bonds. The average Bonchev–Trinajstić information content (AvgIpc) is 3.04. The van der Waals surface area contributed by atoms with Crippen LogP contribution in [0.3, 0.4) is 0 Å². The zero-order valence-corrected chi connectivity index (χ0v) is 13.5. The number of nitrogens with zero attached hydrogens (tertiary/aromatic N) is 1. The normalized spacial score (nSPS) is 18.3. The Hall–Kier alpha value is -1.60. The summed E-state index contributed by atoms with van der Waals surface area (Å²) in [6, 6.07) is 5.21. The first-order valence-corrected chi connectivity index (χ1v) is 8.18. The second-order valence-electron chi connectivity index (χ2n) is 5.04. The van der Waals surface area contributed by atoms with Gasteiger partial charge in [0.15, 0.2) is 0 Å². The van der Waals surface area contributed by atoms with Gasteiger partial charge in [-0.05, 0) is 31.0 Å². The second kappa shape index (κ2) is 5.31. The van der Waals surface area contributed by atoms with Crippen LogP contribution in [-0.2, 0) is 4.79 Å². The van der Waals surface area contributed by atoms with E-state index < -0.39 is 11.9 Å². The molecular weight excluding hydrogens is 354 g/mol. The zero-order valence-electron chi connectivity index (χ0n) is 11.1. The molecule has 4 N–H and O–H groups in total. The van der Waals surface area contributed by atoms with Crippen LogP contribution in [0.4, 0.5) is 5.69 Å². The third kappa shape index (κ3) is 2.40. The molecule has 2 heterocycles. The summed E-state index contributed by atoms with van der Waals surface area (Å²) in [6.07, 6.45) is 1.41. The highest BCUT2D eigenvalue weighted by molar-refractivity contribution is 9.10. The number of halogens is 1. The number of rotatable bonds is 2. The Morgan fingerprint density at radius 2 is 2.14 bits per heavy atom. The first-order valence-electron chi connectivity index (χ1n) is 6.57. The van der Waals surface area contributed by atoms with Crippen molar-refractivity contribution in [3.63, 3.8) is 0 Å². The maximum Gasteiger partial charge on any atom is 0.266 e. The van der Waals surface area contributed by atoms with Crippen molar-refractivity contribution in [3.05, 3.63) is 27.5 Å². The minimum atomic E-state index is -0.520. The highest BCUT2D eigenvalue weighted by Gasteiger charge is 2.34. The quantitative estimate of drug-likeness (QED) is 0.853. The smallest absolute Gasteiger partial charge is 0.266 e. The number of hydrogen-bond donors (Lipinski definition) is 2. The van der Waals surface area contributed by atoms with Crippen LogP contribution in [0.5, 0.6) is 0 Å². The van der Waals surface area contributed by atoms with E-state index >= 15 is 0 Å². The number of carbonyl (C=O) groups is 2. The van der Waals surface area contributed by atoms with E-state index in [1.165, 1.54) is 11.3 Å². The van der Waals surface area contributed by atoms with Crippen molar-refractivity contribution in [2.45, 2.75) is 18.9 Å². The molecule has 1 fully saturated rings. The van der Waals surface area contributed by atoms with Gasteiger partial charge in [0.1, 0.15) is 10.9 Å². The molecule has 110 valence electrons. The molecule has 0 saturated carbocycles. The minimum Gasteiger partial charge on any atom is -0.397 e. The summed E-state index contributed by atoms with van der Waals surface area (Å²) in [5.74, 6) is -0.658. The molecule has 1 aromatic carbocycles. The second-order valence-corrected chi connectivity index (χ2v) is 7.01. The number of nitrogens with two attached hydrogens (primary N) is 2. The van der Waals surface area contributed by atoms with E-state index in [4.69, 9.17) is 11.5 Å². The third-order valence-electron chi connectivity index (χ3n) is 3.72. The summed E-state index contributed by atoms with van der Waals surface area (Å²) < 4.78 is 1.86. The number of hydrogen-bond acceptors (Lipinski definition) is 4. The molecular formula is C14H14BrN3O2S. The van der Waals surface area contributed by atoms with Gasteiger partial charge in [0, 0.05) is 21.1 Å². The standard InChI is InChI=1S/C14H14BrN3O2S/c15-7-3-4-10-8(6-7)11(16)12(21-10)14(20)18-5-1-2-9(18)13(17)19/h3-4,6,9H,1-2,5,16H2,(H2,17,19).